The fourth-order valence-corrected chi connectivity index (χ4v) is 5.26. The quantitative estimate of drug-likeness (QED) is 0.515. The summed E-state index contributed by atoms with van der Waals surface area (Å²) in [6.45, 7) is 12.7. The van der Waals surface area contributed by atoms with Gasteiger partial charge in [-0.25, -0.2) is 8.42 Å². The van der Waals surface area contributed by atoms with Crippen molar-refractivity contribution in [3.8, 4) is 5.75 Å². The summed E-state index contributed by atoms with van der Waals surface area (Å²) in [7, 11) is -2.34. The van der Waals surface area contributed by atoms with Gasteiger partial charge in [-0.15, -0.1) is 0 Å². The SMILES string of the molecule is COc1ccc(S(=O)(=O)Nc2cc(C(=O)N(CC(C)C)CC(C)C)ccc2N2CCNCC2)cc1. The average Bonchev–Trinajstić information content (AvgIpc) is 2.83. The first-order valence-electron chi connectivity index (χ1n) is 12.2. The summed E-state index contributed by atoms with van der Waals surface area (Å²) in [6, 6.07) is 11.6. The summed E-state index contributed by atoms with van der Waals surface area (Å²) in [5.74, 6) is 1.13. The lowest BCUT2D eigenvalue weighted by atomic mass is 10.1. The van der Waals surface area contributed by atoms with Crippen LogP contribution >= 0.6 is 0 Å². The van der Waals surface area contributed by atoms with Crippen molar-refractivity contribution in [2.45, 2.75) is 32.6 Å². The van der Waals surface area contributed by atoms with Crippen molar-refractivity contribution in [1.29, 1.82) is 0 Å². The predicted octanol–water partition coefficient (Wildman–Crippen LogP) is 3.66. The van der Waals surface area contributed by atoms with Crippen LogP contribution < -0.4 is 19.7 Å². The molecule has 2 N–H and O–H groups in total. The molecule has 0 saturated carbocycles. The van der Waals surface area contributed by atoms with Gasteiger partial charge in [-0.2, -0.15) is 0 Å². The average molecular weight is 503 g/mol. The van der Waals surface area contributed by atoms with Gasteiger partial charge in [0, 0.05) is 44.8 Å². The number of amides is 1. The number of hydrogen-bond donors (Lipinski definition) is 2. The fourth-order valence-electron chi connectivity index (χ4n) is 4.20. The number of carbonyl (C=O) groups excluding carboxylic acids is 1. The van der Waals surface area contributed by atoms with Crippen molar-refractivity contribution in [2.24, 2.45) is 11.8 Å². The normalized spacial score (nSPS) is 14.3. The minimum atomic E-state index is -3.87. The number of nitrogens with one attached hydrogen (secondary N) is 2. The number of anilines is 2. The highest BCUT2D eigenvalue weighted by molar-refractivity contribution is 7.92. The van der Waals surface area contributed by atoms with E-state index in [1.54, 1.807) is 24.3 Å². The van der Waals surface area contributed by atoms with E-state index in [2.05, 4.69) is 42.6 Å². The molecule has 0 aromatic heterocycles. The Morgan fingerprint density at radius 2 is 1.63 bits per heavy atom. The van der Waals surface area contributed by atoms with Gasteiger partial charge in [0.15, 0.2) is 0 Å². The third-order valence-electron chi connectivity index (χ3n) is 5.77. The minimum Gasteiger partial charge on any atom is -0.497 e. The van der Waals surface area contributed by atoms with E-state index in [1.807, 2.05) is 11.0 Å². The van der Waals surface area contributed by atoms with Gasteiger partial charge >= 0.3 is 0 Å². The number of sulfonamides is 1. The number of hydrogen-bond acceptors (Lipinski definition) is 6. The molecule has 0 spiro atoms. The van der Waals surface area contributed by atoms with Crippen LogP contribution in [-0.2, 0) is 10.0 Å². The molecule has 1 aliphatic rings. The van der Waals surface area contributed by atoms with E-state index < -0.39 is 10.0 Å². The Labute approximate surface area is 209 Å². The lowest BCUT2D eigenvalue weighted by Gasteiger charge is -2.32. The molecule has 1 heterocycles. The standard InChI is InChI=1S/C26H38N4O4S/c1-19(2)17-30(18-20(3)4)26(31)21-6-11-25(29-14-12-27-13-15-29)24(16-21)28-35(32,33)23-9-7-22(34-5)8-10-23/h6-11,16,19-20,27-28H,12-15,17-18H2,1-5H3. The van der Waals surface area contributed by atoms with Gasteiger partial charge in [-0.3, -0.25) is 9.52 Å². The largest absolute Gasteiger partial charge is 0.497 e. The van der Waals surface area contributed by atoms with Gasteiger partial charge in [-0.1, -0.05) is 27.7 Å². The fraction of sp³-hybridized carbons (Fsp3) is 0.500. The van der Waals surface area contributed by atoms with Crippen molar-refractivity contribution in [1.82, 2.24) is 10.2 Å². The Morgan fingerprint density at radius 3 is 2.17 bits per heavy atom. The molecule has 35 heavy (non-hydrogen) atoms. The second kappa shape index (κ2) is 11.8. The van der Waals surface area contributed by atoms with Gasteiger partial charge in [0.05, 0.1) is 23.4 Å². The lowest BCUT2D eigenvalue weighted by Crippen LogP contribution is -2.44. The second-order valence-electron chi connectivity index (χ2n) is 9.75. The Morgan fingerprint density at radius 1 is 1.03 bits per heavy atom. The molecule has 1 saturated heterocycles. The Balaban J connectivity index is 1.99. The molecule has 3 rings (SSSR count). The summed E-state index contributed by atoms with van der Waals surface area (Å²) in [5.41, 5.74) is 1.64. The van der Waals surface area contributed by atoms with Crippen LogP contribution in [0.4, 0.5) is 11.4 Å². The van der Waals surface area contributed by atoms with Crippen LogP contribution in [0.3, 0.4) is 0 Å². The number of methoxy groups -OCH3 is 1. The minimum absolute atomic E-state index is 0.0934. The number of carbonyl (C=O) groups is 1. The molecular weight excluding hydrogens is 464 g/mol. The van der Waals surface area contributed by atoms with E-state index >= 15 is 0 Å². The molecular formula is C26H38N4O4S. The smallest absolute Gasteiger partial charge is 0.261 e. The first-order chi connectivity index (χ1) is 16.6. The van der Waals surface area contributed by atoms with Crippen molar-refractivity contribution in [3.63, 3.8) is 0 Å². The van der Waals surface area contributed by atoms with Crippen LogP contribution in [-0.4, -0.2) is 65.6 Å². The zero-order valence-corrected chi connectivity index (χ0v) is 22.2. The number of benzene rings is 2. The third kappa shape index (κ3) is 7.11. The van der Waals surface area contributed by atoms with Crippen molar-refractivity contribution >= 4 is 27.3 Å². The molecule has 9 heteroatoms. The molecule has 1 aliphatic heterocycles. The van der Waals surface area contributed by atoms with Crippen LogP contribution in [0.1, 0.15) is 38.1 Å². The molecule has 1 amide bonds. The van der Waals surface area contributed by atoms with Gasteiger partial charge in [0.25, 0.3) is 15.9 Å². The van der Waals surface area contributed by atoms with Crippen LogP contribution in [0.5, 0.6) is 5.75 Å². The summed E-state index contributed by atoms with van der Waals surface area (Å²) in [5, 5.41) is 3.32. The zero-order chi connectivity index (χ0) is 25.6. The highest BCUT2D eigenvalue weighted by Gasteiger charge is 2.24. The molecule has 0 aliphatic carbocycles. The van der Waals surface area contributed by atoms with Gasteiger partial charge in [-0.05, 0) is 54.3 Å². The lowest BCUT2D eigenvalue weighted by molar-refractivity contribution is 0.0715. The van der Waals surface area contributed by atoms with Crippen LogP contribution in [0.15, 0.2) is 47.4 Å². The summed E-state index contributed by atoms with van der Waals surface area (Å²) in [6.07, 6.45) is 0. The maximum Gasteiger partial charge on any atom is 0.261 e. The first kappa shape index (κ1) is 26.8. The number of piperazine rings is 1. The highest BCUT2D eigenvalue weighted by Crippen LogP contribution is 2.31. The van der Waals surface area contributed by atoms with Gasteiger partial charge < -0.3 is 19.9 Å². The first-order valence-corrected chi connectivity index (χ1v) is 13.6. The summed E-state index contributed by atoms with van der Waals surface area (Å²) >= 11 is 0. The Bertz CT molecular complexity index is 1080. The molecule has 2 aromatic rings. The molecule has 0 radical (unpaired) electrons. The maximum absolute atomic E-state index is 13.5. The molecule has 192 valence electrons. The molecule has 0 unspecified atom stereocenters. The summed E-state index contributed by atoms with van der Waals surface area (Å²) < 4.78 is 34.4. The van der Waals surface area contributed by atoms with Crippen LogP contribution in [0.25, 0.3) is 0 Å². The van der Waals surface area contributed by atoms with Gasteiger partial charge in [0.1, 0.15) is 5.75 Å². The molecule has 0 bridgehead atoms. The topological polar surface area (TPSA) is 91.0 Å². The van der Waals surface area contributed by atoms with E-state index in [9.17, 15) is 13.2 Å². The molecule has 1 fully saturated rings. The van der Waals surface area contributed by atoms with E-state index in [0.29, 0.717) is 41.9 Å². The number of ether oxygens (including phenoxy) is 1. The highest BCUT2D eigenvalue weighted by atomic mass is 32.2. The monoisotopic (exact) mass is 502 g/mol. The van der Waals surface area contributed by atoms with E-state index in [-0.39, 0.29) is 10.8 Å². The third-order valence-corrected chi connectivity index (χ3v) is 7.15. The Hall–Kier alpha value is -2.78. The Kier molecular flexibility index (Phi) is 9.02. The number of nitrogens with zero attached hydrogens (tertiary/aromatic N) is 2. The molecule has 2 aromatic carbocycles. The maximum atomic E-state index is 13.5. The van der Waals surface area contributed by atoms with Crippen molar-refractivity contribution < 1.29 is 17.9 Å². The molecule has 0 atom stereocenters. The van der Waals surface area contributed by atoms with Crippen molar-refractivity contribution in [2.75, 3.05) is 56.0 Å². The predicted molar refractivity (Wildman–Crippen MR) is 141 cm³/mol. The zero-order valence-electron chi connectivity index (χ0n) is 21.4. The van der Waals surface area contributed by atoms with E-state index in [1.165, 1.54) is 19.2 Å². The molecule has 8 nitrogen and oxygen atoms in total. The van der Waals surface area contributed by atoms with Crippen molar-refractivity contribution in [3.05, 3.63) is 48.0 Å². The van der Waals surface area contributed by atoms with Crippen LogP contribution in [0.2, 0.25) is 0 Å². The second-order valence-corrected chi connectivity index (χ2v) is 11.4. The number of rotatable bonds is 10. The van der Waals surface area contributed by atoms with E-state index in [4.69, 9.17) is 4.74 Å². The van der Waals surface area contributed by atoms with E-state index in [0.717, 1.165) is 31.9 Å². The van der Waals surface area contributed by atoms with Gasteiger partial charge in [0.2, 0.25) is 0 Å². The van der Waals surface area contributed by atoms with Crippen LogP contribution in [0, 0.1) is 11.8 Å². The summed E-state index contributed by atoms with van der Waals surface area (Å²) in [4.78, 5) is 17.6.